The summed E-state index contributed by atoms with van der Waals surface area (Å²) in [4.78, 5) is 0. The third-order valence-corrected chi connectivity index (χ3v) is 3.94. The standard InChI is InChI=1S/C13H22O7.H2/c1-7-11(8-4-16-9(17-8)5-14-2)20-13-12(7)18-10(19-13)6-15-3;/h7-13H,4-6H2,1-3H3;1H. The van der Waals surface area contributed by atoms with Gasteiger partial charge in [0.05, 0.1) is 25.9 Å². The summed E-state index contributed by atoms with van der Waals surface area (Å²) in [5.74, 6) is 0.178. The van der Waals surface area contributed by atoms with Crippen LogP contribution in [-0.2, 0) is 33.2 Å². The number of hydrogen-bond donors (Lipinski definition) is 0. The summed E-state index contributed by atoms with van der Waals surface area (Å²) in [5, 5.41) is 0. The van der Waals surface area contributed by atoms with Crippen LogP contribution in [0.5, 0.6) is 0 Å². The maximum Gasteiger partial charge on any atom is 0.187 e. The lowest BCUT2D eigenvalue weighted by Gasteiger charge is -2.23. The zero-order chi connectivity index (χ0) is 14.1. The van der Waals surface area contributed by atoms with Crippen molar-refractivity contribution in [3.63, 3.8) is 0 Å². The molecule has 0 aliphatic carbocycles. The predicted octanol–water partition coefficient (Wildman–Crippen LogP) is 0.369. The first kappa shape index (κ1) is 14.6. The molecule has 0 spiro atoms. The van der Waals surface area contributed by atoms with Crippen LogP contribution in [-0.4, -0.2) is 71.2 Å². The van der Waals surface area contributed by atoms with Crippen LogP contribution in [0.3, 0.4) is 0 Å². The zero-order valence-electron chi connectivity index (χ0n) is 12.0. The molecule has 0 aromatic carbocycles. The fraction of sp³-hybridized carbons (Fsp3) is 1.00. The molecule has 7 atom stereocenters. The number of ether oxygens (including phenoxy) is 7. The van der Waals surface area contributed by atoms with Crippen LogP contribution in [0.1, 0.15) is 8.35 Å². The molecule has 20 heavy (non-hydrogen) atoms. The first-order valence-electron chi connectivity index (χ1n) is 6.94. The predicted molar refractivity (Wildman–Crippen MR) is 68.1 cm³/mol. The fourth-order valence-corrected chi connectivity index (χ4v) is 2.96. The first-order valence-corrected chi connectivity index (χ1v) is 6.94. The first-order chi connectivity index (χ1) is 9.72. The fourth-order valence-electron chi connectivity index (χ4n) is 2.96. The second kappa shape index (κ2) is 6.23. The molecule has 7 unspecified atom stereocenters. The highest BCUT2D eigenvalue weighted by Gasteiger charge is 2.53. The number of fused-ring (bicyclic) bond motifs is 1. The number of hydrogen-bond acceptors (Lipinski definition) is 7. The van der Waals surface area contributed by atoms with Crippen LogP contribution in [0.15, 0.2) is 0 Å². The molecule has 3 rings (SSSR count). The molecule has 3 heterocycles. The molecular formula is C13H24O7. The van der Waals surface area contributed by atoms with Crippen molar-refractivity contribution in [2.24, 2.45) is 5.92 Å². The molecule has 3 aliphatic heterocycles. The van der Waals surface area contributed by atoms with Crippen LogP contribution in [0, 0.1) is 5.92 Å². The molecular weight excluding hydrogens is 268 g/mol. The highest BCUT2D eigenvalue weighted by atomic mass is 16.8. The molecule has 7 heteroatoms. The van der Waals surface area contributed by atoms with Crippen molar-refractivity contribution in [2.75, 3.05) is 34.0 Å². The third-order valence-electron chi connectivity index (χ3n) is 3.94. The van der Waals surface area contributed by atoms with Crippen LogP contribution >= 0.6 is 0 Å². The Kier molecular flexibility index (Phi) is 4.56. The van der Waals surface area contributed by atoms with Gasteiger partial charge in [0.25, 0.3) is 0 Å². The van der Waals surface area contributed by atoms with Crippen molar-refractivity contribution >= 4 is 0 Å². The molecule has 0 N–H and O–H groups in total. The van der Waals surface area contributed by atoms with E-state index in [0.717, 1.165) is 0 Å². The Hall–Kier alpha value is -0.280. The van der Waals surface area contributed by atoms with E-state index < -0.39 is 0 Å². The molecule has 3 saturated heterocycles. The summed E-state index contributed by atoms with van der Waals surface area (Å²) in [5.41, 5.74) is 0. The van der Waals surface area contributed by atoms with Gasteiger partial charge in [-0.2, -0.15) is 0 Å². The van der Waals surface area contributed by atoms with Gasteiger partial charge in [0, 0.05) is 21.6 Å². The molecule has 0 aromatic rings. The average molecular weight is 292 g/mol. The van der Waals surface area contributed by atoms with Gasteiger partial charge in [-0.05, 0) is 0 Å². The van der Waals surface area contributed by atoms with Gasteiger partial charge in [-0.1, -0.05) is 6.92 Å². The maximum absolute atomic E-state index is 5.94. The minimum Gasteiger partial charge on any atom is -0.379 e. The van der Waals surface area contributed by atoms with E-state index in [1.165, 1.54) is 0 Å². The van der Waals surface area contributed by atoms with Crippen molar-refractivity contribution in [1.29, 1.82) is 0 Å². The molecule has 0 aromatic heterocycles. The highest BCUT2D eigenvalue weighted by molar-refractivity contribution is 4.93. The van der Waals surface area contributed by atoms with E-state index in [1.54, 1.807) is 14.2 Å². The van der Waals surface area contributed by atoms with Crippen molar-refractivity contribution in [3.8, 4) is 0 Å². The normalized spacial score (nSPS) is 47.9. The van der Waals surface area contributed by atoms with Crippen LogP contribution in [0.2, 0.25) is 0 Å². The van der Waals surface area contributed by atoms with Gasteiger partial charge < -0.3 is 33.2 Å². The minimum absolute atomic E-state index is 0. The number of methoxy groups -OCH3 is 2. The van der Waals surface area contributed by atoms with E-state index in [4.69, 9.17) is 33.2 Å². The molecule has 3 aliphatic rings. The van der Waals surface area contributed by atoms with Gasteiger partial charge in [0.15, 0.2) is 18.9 Å². The SMILES string of the molecule is COCC1OCC(C2OC3OC(COC)OC3C2C)O1.[HH]. The quantitative estimate of drug-likeness (QED) is 0.725. The molecule has 0 bridgehead atoms. The van der Waals surface area contributed by atoms with Gasteiger partial charge in [-0.25, -0.2) is 0 Å². The van der Waals surface area contributed by atoms with E-state index in [2.05, 4.69) is 6.92 Å². The lowest BCUT2D eigenvalue weighted by molar-refractivity contribution is -0.195. The summed E-state index contributed by atoms with van der Waals surface area (Å²) >= 11 is 0. The lowest BCUT2D eigenvalue weighted by atomic mass is 9.97. The lowest BCUT2D eigenvalue weighted by Crippen LogP contribution is -2.36. The Labute approximate surface area is 119 Å². The molecule has 0 amide bonds. The Balaban J connectivity index is 0.00000161. The van der Waals surface area contributed by atoms with E-state index >= 15 is 0 Å². The van der Waals surface area contributed by atoms with Crippen LogP contribution in [0.4, 0.5) is 0 Å². The molecule has 7 nitrogen and oxygen atoms in total. The monoisotopic (exact) mass is 292 g/mol. The van der Waals surface area contributed by atoms with Crippen molar-refractivity contribution in [1.82, 2.24) is 0 Å². The van der Waals surface area contributed by atoms with Crippen molar-refractivity contribution < 1.29 is 34.6 Å². The van der Waals surface area contributed by atoms with E-state index in [9.17, 15) is 0 Å². The van der Waals surface area contributed by atoms with Gasteiger partial charge in [-0.3, -0.25) is 0 Å². The smallest absolute Gasteiger partial charge is 0.187 e. The van der Waals surface area contributed by atoms with Crippen LogP contribution < -0.4 is 0 Å². The van der Waals surface area contributed by atoms with Crippen molar-refractivity contribution in [2.45, 2.75) is 44.1 Å². The third kappa shape index (κ3) is 2.71. The highest BCUT2D eigenvalue weighted by Crippen LogP contribution is 2.39. The summed E-state index contributed by atoms with van der Waals surface area (Å²) in [6.07, 6.45) is -1.28. The second-order valence-electron chi connectivity index (χ2n) is 5.34. The van der Waals surface area contributed by atoms with Gasteiger partial charge in [0.1, 0.15) is 12.2 Å². The van der Waals surface area contributed by atoms with Gasteiger partial charge >= 0.3 is 0 Å². The van der Waals surface area contributed by atoms with Gasteiger partial charge in [-0.15, -0.1) is 0 Å². The maximum atomic E-state index is 5.94. The van der Waals surface area contributed by atoms with E-state index in [1.807, 2.05) is 0 Å². The minimum atomic E-state index is -0.347. The average Bonchev–Trinajstić information content (AvgIpc) is 3.08. The van der Waals surface area contributed by atoms with Gasteiger partial charge in [0.2, 0.25) is 0 Å². The largest absolute Gasteiger partial charge is 0.379 e. The van der Waals surface area contributed by atoms with E-state index in [-0.39, 0.29) is 44.5 Å². The topological polar surface area (TPSA) is 64.6 Å². The van der Waals surface area contributed by atoms with Crippen molar-refractivity contribution in [3.05, 3.63) is 0 Å². The van der Waals surface area contributed by atoms with Crippen LogP contribution in [0.25, 0.3) is 0 Å². The summed E-state index contributed by atoms with van der Waals surface area (Å²) < 4.78 is 38.8. The molecule has 0 radical (unpaired) electrons. The zero-order valence-corrected chi connectivity index (χ0v) is 12.0. The Morgan fingerprint density at radius 2 is 1.70 bits per heavy atom. The summed E-state index contributed by atoms with van der Waals surface area (Å²) in [6.45, 7) is 3.42. The summed E-state index contributed by atoms with van der Waals surface area (Å²) in [6, 6.07) is 0. The number of rotatable bonds is 5. The Bertz CT molecular complexity index is 332. The Morgan fingerprint density at radius 1 is 0.950 bits per heavy atom. The molecule has 118 valence electrons. The Morgan fingerprint density at radius 3 is 2.40 bits per heavy atom. The van der Waals surface area contributed by atoms with E-state index in [0.29, 0.717) is 19.8 Å². The summed E-state index contributed by atoms with van der Waals surface area (Å²) in [7, 11) is 3.24. The molecule has 3 fully saturated rings. The molecule has 0 saturated carbocycles. The second-order valence-corrected chi connectivity index (χ2v) is 5.34.